The van der Waals surface area contributed by atoms with E-state index in [2.05, 4.69) is 6.92 Å². The number of hydrogen-bond acceptors (Lipinski definition) is 3. The van der Waals surface area contributed by atoms with Crippen molar-refractivity contribution in [2.45, 2.75) is 71.3 Å². The summed E-state index contributed by atoms with van der Waals surface area (Å²) in [7, 11) is 0. The van der Waals surface area contributed by atoms with E-state index in [1.54, 1.807) is 0 Å². The summed E-state index contributed by atoms with van der Waals surface area (Å²) in [6.45, 7) is 4.79. The zero-order valence-electron chi connectivity index (χ0n) is 12.0. The van der Waals surface area contributed by atoms with Crippen LogP contribution in [-0.2, 0) is 9.53 Å². The molecular weight excluding hydrogens is 226 g/mol. The maximum absolute atomic E-state index is 11.7. The summed E-state index contributed by atoms with van der Waals surface area (Å²) in [6.07, 6.45) is 8.58. The van der Waals surface area contributed by atoms with Gasteiger partial charge in [0.15, 0.2) is 0 Å². The van der Waals surface area contributed by atoms with Crippen molar-refractivity contribution in [1.29, 1.82) is 0 Å². The molecule has 0 amide bonds. The summed E-state index contributed by atoms with van der Waals surface area (Å²) in [4.78, 5) is 11.7. The minimum Gasteiger partial charge on any atom is -0.466 e. The van der Waals surface area contributed by atoms with E-state index in [4.69, 9.17) is 10.5 Å². The van der Waals surface area contributed by atoms with Crippen molar-refractivity contribution in [3.05, 3.63) is 0 Å². The first-order chi connectivity index (χ1) is 8.69. The highest BCUT2D eigenvalue weighted by atomic mass is 16.5. The maximum Gasteiger partial charge on any atom is 0.306 e. The Bertz CT molecular complexity index is 243. The summed E-state index contributed by atoms with van der Waals surface area (Å²) < 4.78 is 5.18. The van der Waals surface area contributed by atoms with Crippen LogP contribution in [0.4, 0.5) is 0 Å². The summed E-state index contributed by atoms with van der Waals surface area (Å²) in [5.41, 5.74) is 6.18. The summed E-state index contributed by atoms with van der Waals surface area (Å²) in [5.74, 6) is 0.961. The van der Waals surface area contributed by atoms with Crippen LogP contribution in [0.5, 0.6) is 0 Å². The monoisotopic (exact) mass is 255 g/mol. The lowest BCUT2D eigenvalue weighted by Crippen LogP contribution is -2.28. The quantitative estimate of drug-likeness (QED) is 0.535. The van der Waals surface area contributed by atoms with Crippen LogP contribution in [0.2, 0.25) is 0 Å². The van der Waals surface area contributed by atoms with Gasteiger partial charge in [0.05, 0.1) is 6.61 Å². The van der Waals surface area contributed by atoms with E-state index < -0.39 is 0 Å². The summed E-state index contributed by atoms with van der Waals surface area (Å²) in [5, 5.41) is 0. The molecule has 1 aliphatic rings. The van der Waals surface area contributed by atoms with Gasteiger partial charge in [0, 0.05) is 12.5 Å². The van der Waals surface area contributed by atoms with Gasteiger partial charge in [-0.05, 0) is 37.5 Å². The van der Waals surface area contributed by atoms with E-state index in [-0.39, 0.29) is 5.97 Å². The first-order valence-electron chi connectivity index (χ1n) is 7.60. The lowest BCUT2D eigenvalue weighted by atomic mass is 9.86. The zero-order valence-corrected chi connectivity index (χ0v) is 12.0. The van der Waals surface area contributed by atoms with Gasteiger partial charge in [0.2, 0.25) is 0 Å². The van der Waals surface area contributed by atoms with Crippen LogP contribution in [-0.4, -0.2) is 18.6 Å². The third-order valence-corrected chi connectivity index (χ3v) is 4.06. The van der Waals surface area contributed by atoms with Gasteiger partial charge < -0.3 is 10.5 Å². The smallest absolute Gasteiger partial charge is 0.306 e. The van der Waals surface area contributed by atoms with Crippen LogP contribution in [0.1, 0.15) is 65.2 Å². The number of ether oxygens (including phenoxy) is 1. The number of hydrogen-bond donors (Lipinski definition) is 1. The third-order valence-electron chi connectivity index (χ3n) is 4.06. The molecule has 0 heterocycles. The third kappa shape index (κ3) is 4.97. The molecule has 0 radical (unpaired) electrons. The number of carbonyl (C=O) groups excluding carboxylic acids is 1. The van der Waals surface area contributed by atoms with Gasteiger partial charge >= 0.3 is 5.97 Å². The Morgan fingerprint density at radius 3 is 2.67 bits per heavy atom. The Kier molecular flexibility index (Phi) is 7.33. The van der Waals surface area contributed by atoms with Crippen LogP contribution in [0.25, 0.3) is 0 Å². The number of carbonyl (C=O) groups is 1. The molecule has 3 heteroatoms. The fourth-order valence-electron chi connectivity index (χ4n) is 3.01. The average Bonchev–Trinajstić information content (AvgIpc) is 2.69. The fourth-order valence-corrected chi connectivity index (χ4v) is 3.01. The Hall–Kier alpha value is -0.570. The Balaban J connectivity index is 2.35. The van der Waals surface area contributed by atoms with Gasteiger partial charge in [-0.25, -0.2) is 0 Å². The molecule has 3 unspecified atom stereocenters. The fraction of sp³-hybridized carbons (Fsp3) is 0.933. The SMILES string of the molecule is CCCCCC1C(N)CCC1CC(=O)OCCC. The molecular formula is C15H29NO2. The van der Waals surface area contributed by atoms with E-state index in [1.807, 2.05) is 6.92 Å². The summed E-state index contributed by atoms with van der Waals surface area (Å²) in [6, 6.07) is 0.297. The standard InChI is InChI=1S/C15H29NO2/c1-3-5-6-7-13-12(8-9-14(13)16)11-15(17)18-10-4-2/h12-14H,3-11,16H2,1-2H3. The molecule has 1 fully saturated rings. The number of rotatable bonds is 8. The zero-order chi connectivity index (χ0) is 13.4. The molecule has 0 bridgehead atoms. The van der Waals surface area contributed by atoms with Gasteiger partial charge in [-0.3, -0.25) is 4.79 Å². The lowest BCUT2D eigenvalue weighted by Gasteiger charge is -2.22. The predicted molar refractivity (Wildman–Crippen MR) is 74.2 cm³/mol. The molecule has 0 aromatic rings. The molecule has 1 saturated carbocycles. The highest BCUT2D eigenvalue weighted by Crippen LogP contribution is 2.37. The Labute approximate surface area is 111 Å². The van der Waals surface area contributed by atoms with E-state index >= 15 is 0 Å². The second-order valence-electron chi connectivity index (χ2n) is 5.59. The molecule has 0 aromatic heterocycles. The number of esters is 1. The maximum atomic E-state index is 11.7. The van der Waals surface area contributed by atoms with E-state index in [0.29, 0.717) is 30.9 Å². The highest BCUT2D eigenvalue weighted by Gasteiger charge is 2.34. The van der Waals surface area contributed by atoms with Gasteiger partial charge in [-0.2, -0.15) is 0 Å². The van der Waals surface area contributed by atoms with E-state index in [9.17, 15) is 4.79 Å². The number of unbranched alkanes of at least 4 members (excludes halogenated alkanes) is 2. The molecule has 3 nitrogen and oxygen atoms in total. The Morgan fingerprint density at radius 1 is 1.22 bits per heavy atom. The topological polar surface area (TPSA) is 52.3 Å². The molecule has 18 heavy (non-hydrogen) atoms. The molecule has 1 aliphatic carbocycles. The number of nitrogens with two attached hydrogens (primary N) is 1. The Morgan fingerprint density at radius 2 is 2.00 bits per heavy atom. The molecule has 2 N–H and O–H groups in total. The van der Waals surface area contributed by atoms with Gasteiger partial charge in [-0.15, -0.1) is 0 Å². The van der Waals surface area contributed by atoms with Crippen LogP contribution < -0.4 is 5.73 Å². The first-order valence-corrected chi connectivity index (χ1v) is 7.60. The molecule has 1 rings (SSSR count). The van der Waals surface area contributed by atoms with Gasteiger partial charge in [0.25, 0.3) is 0 Å². The van der Waals surface area contributed by atoms with Crippen molar-refractivity contribution in [3.63, 3.8) is 0 Å². The minimum absolute atomic E-state index is 0.0311. The largest absolute Gasteiger partial charge is 0.466 e. The summed E-state index contributed by atoms with van der Waals surface area (Å²) >= 11 is 0. The molecule has 106 valence electrons. The van der Waals surface area contributed by atoms with Gasteiger partial charge in [-0.1, -0.05) is 33.1 Å². The van der Waals surface area contributed by atoms with Crippen molar-refractivity contribution in [2.75, 3.05) is 6.61 Å². The van der Waals surface area contributed by atoms with E-state index in [1.165, 1.54) is 25.7 Å². The second-order valence-corrected chi connectivity index (χ2v) is 5.59. The van der Waals surface area contributed by atoms with Crippen LogP contribution in [0, 0.1) is 11.8 Å². The van der Waals surface area contributed by atoms with Crippen molar-refractivity contribution in [2.24, 2.45) is 17.6 Å². The van der Waals surface area contributed by atoms with Gasteiger partial charge in [0.1, 0.15) is 0 Å². The van der Waals surface area contributed by atoms with Crippen molar-refractivity contribution in [3.8, 4) is 0 Å². The molecule has 0 saturated heterocycles. The van der Waals surface area contributed by atoms with E-state index in [0.717, 1.165) is 19.3 Å². The highest BCUT2D eigenvalue weighted by molar-refractivity contribution is 5.69. The van der Waals surface area contributed by atoms with Crippen LogP contribution >= 0.6 is 0 Å². The molecule has 0 spiro atoms. The minimum atomic E-state index is -0.0311. The van der Waals surface area contributed by atoms with Crippen LogP contribution in [0.15, 0.2) is 0 Å². The first kappa shape index (κ1) is 15.5. The lowest BCUT2D eigenvalue weighted by molar-refractivity contribution is -0.145. The van der Waals surface area contributed by atoms with Crippen LogP contribution in [0.3, 0.4) is 0 Å². The molecule has 3 atom stereocenters. The van der Waals surface area contributed by atoms with Crippen molar-refractivity contribution < 1.29 is 9.53 Å². The van der Waals surface area contributed by atoms with Crippen molar-refractivity contribution >= 4 is 5.97 Å². The van der Waals surface area contributed by atoms with Crippen molar-refractivity contribution in [1.82, 2.24) is 0 Å². The normalized spacial score (nSPS) is 27.4. The average molecular weight is 255 g/mol. The molecule has 0 aliphatic heterocycles. The molecule has 0 aromatic carbocycles. The second kappa shape index (κ2) is 8.52. The predicted octanol–water partition coefficient (Wildman–Crippen LogP) is 3.26.